The monoisotopic (exact) mass is 289 g/mol. The van der Waals surface area contributed by atoms with E-state index in [-0.39, 0.29) is 17.6 Å². The molecule has 1 atom stereocenters. The van der Waals surface area contributed by atoms with E-state index < -0.39 is 6.04 Å². The van der Waals surface area contributed by atoms with Crippen molar-refractivity contribution in [3.63, 3.8) is 0 Å². The summed E-state index contributed by atoms with van der Waals surface area (Å²) in [4.78, 5) is 16.4. The van der Waals surface area contributed by atoms with Crippen molar-refractivity contribution in [1.82, 2.24) is 14.9 Å². The molecule has 1 aromatic heterocycles. The van der Waals surface area contributed by atoms with Crippen molar-refractivity contribution in [2.45, 2.75) is 26.3 Å². The molecule has 0 bridgehead atoms. The Morgan fingerprint density at radius 1 is 1.43 bits per heavy atom. The van der Waals surface area contributed by atoms with Gasteiger partial charge in [0.15, 0.2) is 0 Å². The van der Waals surface area contributed by atoms with Crippen LogP contribution in [-0.2, 0) is 11.8 Å². The number of hydrogen-bond acceptors (Lipinski definition) is 2. The lowest BCUT2D eigenvalue weighted by molar-refractivity contribution is -0.122. The Balaban J connectivity index is 2.31. The van der Waals surface area contributed by atoms with Gasteiger partial charge in [-0.2, -0.15) is 0 Å². The first-order valence-electron chi connectivity index (χ1n) is 6.99. The van der Waals surface area contributed by atoms with E-state index in [4.69, 9.17) is 0 Å². The zero-order valence-corrected chi connectivity index (χ0v) is 12.5. The standard InChI is InChI=1S/C16H20FN3O/c1-11(2)9-14(21)19-15(16-18-7-8-20(16)3)12-5-4-6-13(17)10-12/h4-8,10-11,15H,9H2,1-3H3,(H,19,21)/t15-/m1/s1. The van der Waals surface area contributed by atoms with Crippen LogP contribution in [0.5, 0.6) is 0 Å². The van der Waals surface area contributed by atoms with Crippen LogP contribution in [0.15, 0.2) is 36.7 Å². The van der Waals surface area contributed by atoms with Gasteiger partial charge in [-0.05, 0) is 23.6 Å². The van der Waals surface area contributed by atoms with Gasteiger partial charge in [0.2, 0.25) is 5.91 Å². The number of carbonyl (C=O) groups excluding carboxylic acids is 1. The van der Waals surface area contributed by atoms with Gasteiger partial charge in [0, 0.05) is 25.9 Å². The predicted octanol–water partition coefficient (Wildman–Crippen LogP) is 2.81. The van der Waals surface area contributed by atoms with Crippen molar-refractivity contribution in [3.05, 3.63) is 53.9 Å². The number of hydrogen-bond donors (Lipinski definition) is 1. The molecule has 21 heavy (non-hydrogen) atoms. The molecule has 1 aromatic carbocycles. The van der Waals surface area contributed by atoms with Gasteiger partial charge in [-0.25, -0.2) is 9.37 Å². The summed E-state index contributed by atoms with van der Waals surface area (Å²) in [5, 5.41) is 2.95. The fourth-order valence-electron chi connectivity index (χ4n) is 2.23. The Morgan fingerprint density at radius 3 is 2.76 bits per heavy atom. The van der Waals surface area contributed by atoms with Crippen LogP contribution < -0.4 is 5.32 Å². The molecule has 0 unspecified atom stereocenters. The van der Waals surface area contributed by atoms with Crippen LogP contribution in [0.2, 0.25) is 0 Å². The summed E-state index contributed by atoms with van der Waals surface area (Å²) in [7, 11) is 1.85. The number of benzene rings is 1. The van der Waals surface area contributed by atoms with Crippen LogP contribution in [0.1, 0.15) is 37.7 Å². The lowest BCUT2D eigenvalue weighted by Crippen LogP contribution is -2.31. The van der Waals surface area contributed by atoms with Crippen molar-refractivity contribution >= 4 is 5.91 Å². The highest BCUT2D eigenvalue weighted by Crippen LogP contribution is 2.21. The molecule has 1 heterocycles. The maximum Gasteiger partial charge on any atom is 0.221 e. The van der Waals surface area contributed by atoms with Crippen LogP contribution in [0, 0.1) is 11.7 Å². The predicted molar refractivity (Wildman–Crippen MR) is 79.0 cm³/mol. The summed E-state index contributed by atoms with van der Waals surface area (Å²) in [5.41, 5.74) is 0.682. The number of nitrogens with one attached hydrogen (secondary N) is 1. The molecule has 5 heteroatoms. The third kappa shape index (κ3) is 3.90. The lowest BCUT2D eigenvalue weighted by atomic mass is 10.0. The Morgan fingerprint density at radius 2 is 2.19 bits per heavy atom. The number of aryl methyl sites for hydroxylation is 1. The van der Waals surface area contributed by atoms with E-state index in [1.165, 1.54) is 12.1 Å². The summed E-state index contributed by atoms with van der Waals surface area (Å²) < 4.78 is 15.3. The minimum absolute atomic E-state index is 0.0674. The molecule has 1 N–H and O–H groups in total. The summed E-state index contributed by atoms with van der Waals surface area (Å²) in [6.45, 7) is 3.97. The third-order valence-electron chi connectivity index (χ3n) is 3.20. The van der Waals surface area contributed by atoms with Gasteiger partial charge in [-0.15, -0.1) is 0 Å². The molecule has 0 saturated heterocycles. The van der Waals surface area contributed by atoms with E-state index in [1.807, 2.05) is 25.5 Å². The maximum atomic E-state index is 13.5. The first-order chi connectivity index (χ1) is 9.97. The van der Waals surface area contributed by atoms with Crippen molar-refractivity contribution < 1.29 is 9.18 Å². The zero-order valence-electron chi connectivity index (χ0n) is 12.5. The fraction of sp³-hybridized carbons (Fsp3) is 0.375. The van der Waals surface area contributed by atoms with Crippen molar-refractivity contribution in [1.29, 1.82) is 0 Å². The lowest BCUT2D eigenvalue weighted by Gasteiger charge is -2.20. The first-order valence-corrected chi connectivity index (χ1v) is 6.99. The van der Waals surface area contributed by atoms with Gasteiger partial charge in [-0.1, -0.05) is 26.0 Å². The molecule has 0 spiro atoms. The summed E-state index contributed by atoms with van der Waals surface area (Å²) >= 11 is 0. The van der Waals surface area contributed by atoms with Gasteiger partial charge < -0.3 is 9.88 Å². The van der Waals surface area contributed by atoms with Gasteiger partial charge in [0.05, 0.1) is 0 Å². The Labute approximate surface area is 124 Å². The van der Waals surface area contributed by atoms with Gasteiger partial charge in [0.1, 0.15) is 17.7 Å². The zero-order chi connectivity index (χ0) is 15.4. The van der Waals surface area contributed by atoms with Crippen LogP contribution in [-0.4, -0.2) is 15.5 Å². The highest BCUT2D eigenvalue weighted by molar-refractivity contribution is 5.77. The molecule has 4 nitrogen and oxygen atoms in total. The van der Waals surface area contributed by atoms with Gasteiger partial charge in [-0.3, -0.25) is 4.79 Å². The molecule has 2 aromatic rings. The van der Waals surface area contributed by atoms with Gasteiger partial charge >= 0.3 is 0 Å². The smallest absolute Gasteiger partial charge is 0.221 e. The largest absolute Gasteiger partial charge is 0.342 e. The fourth-order valence-corrected chi connectivity index (χ4v) is 2.23. The molecule has 0 aliphatic rings. The first kappa shape index (κ1) is 15.2. The Kier molecular flexibility index (Phi) is 4.73. The quantitative estimate of drug-likeness (QED) is 0.920. The van der Waals surface area contributed by atoms with Crippen LogP contribution in [0.4, 0.5) is 4.39 Å². The molecule has 0 saturated carbocycles. The Bertz CT molecular complexity index is 621. The van der Waals surface area contributed by atoms with Crippen molar-refractivity contribution in [2.75, 3.05) is 0 Å². The van der Waals surface area contributed by atoms with Crippen LogP contribution in [0.3, 0.4) is 0 Å². The van der Waals surface area contributed by atoms with E-state index in [0.29, 0.717) is 17.8 Å². The molecule has 112 valence electrons. The number of imidazole rings is 1. The molecular formula is C16H20FN3O. The summed E-state index contributed by atoms with van der Waals surface area (Å²) in [6.07, 6.45) is 3.89. The molecule has 0 radical (unpaired) electrons. The molecule has 1 amide bonds. The minimum Gasteiger partial charge on any atom is -0.342 e. The molecule has 0 fully saturated rings. The number of carbonyl (C=O) groups is 1. The number of nitrogens with zero attached hydrogens (tertiary/aromatic N) is 2. The SMILES string of the molecule is CC(C)CC(=O)N[C@H](c1cccc(F)c1)c1nccn1C. The minimum atomic E-state index is -0.452. The van der Waals surface area contributed by atoms with E-state index in [9.17, 15) is 9.18 Å². The summed E-state index contributed by atoms with van der Waals surface area (Å²) in [5.74, 6) is 0.546. The molecule has 0 aliphatic heterocycles. The summed E-state index contributed by atoms with van der Waals surface area (Å²) in [6, 6.07) is 5.78. The molecule has 0 aliphatic carbocycles. The second-order valence-electron chi connectivity index (χ2n) is 5.55. The second kappa shape index (κ2) is 6.52. The third-order valence-corrected chi connectivity index (χ3v) is 3.20. The second-order valence-corrected chi connectivity index (χ2v) is 5.55. The van der Waals surface area contributed by atoms with Crippen molar-refractivity contribution in [3.8, 4) is 0 Å². The highest BCUT2D eigenvalue weighted by Gasteiger charge is 2.21. The number of amides is 1. The van der Waals surface area contributed by atoms with Gasteiger partial charge in [0.25, 0.3) is 0 Å². The maximum absolute atomic E-state index is 13.5. The van der Waals surface area contributed by atoms with E-state index in [2.05, 4.69) is 10.3 Å². The highest BCUT2D eigenvalue weighted by atomic mass is 19.1. The van der Waals surface area contributed by atoms with Crippen molar-refractivity contribution in [2.24, 2.45) is 13.0 Å². The van der Waals surface area contributed by atoms with E-state index in [1.54, 1.807) is 24.5 Å². The Hall–Kier alpha value is -2.17. The van der Waals surface area contributed by atoms with Crippen LogP contribution in [0.25, 0.3) is 0 Å². The van der Waals surface area contributed by atoms with E-state index in [0.717, 1.165) is 0 Å². The van der Waals surface area contributed by atoms with Crippen LogP contribution >= 0.6 is 0 Å². The number of rotatable bonds is 5. The normalized spacial score (nSPS) is 12.4. The average molecular weight is 289 g/mol. The van der Waals surface area contributed by atoms with E-state index >= 15 is 0 Å². The molecule has 2 rings (SSSR count). The number of halogens is 1. The molecular weight excluding hydrogens is 269 g/mol. The average Bonchev–Trinajstić information content (AvgIpc) is 2.81. The topological polar surface area (TPSA) is 46.9 Å². The number of aromatic nitrogens is 2.